The minimum Gasteiger partial charge on any atom is -0.393 e. The largest absolute Gasteiger partial charge is 0.393 e. The van der Waals surface area contributed by atoms with Gasteiger partial charge in [0.25, 0.3) is 0 Å². The van der Waals surface area contributed by atoms with Gasteiger partial charge >= 0.3 is 0 Å². The van der Waals surface area contributed by atoms with Crippen LogP contribution in [0.4, 0.5) is 0 Å². The van der Waals surface area contributed by atoms with E-state index in [1.807, 2.05) is 0 Å². The fraction of sp³-hybridized carbons (Fsp3) is 0.935. The van der Waals surface area contributed by atoms with Crippen LogP contribution in [-0.2, 0) is 4.74 Å². The molecule has 0 aromatic carbocycles. The van der Waals surface area contributed by atoms with Crippen molar-refractivity contribution in [2.45, 2.75) is 124 Å². The molecule has 0 bridgehead atoms. The van der Waals surface area contributed by atoms with E-state index in [4.69, 9.17) is 4.74 Å². The van der Waals surface area contributed by atoms with E-state index < -0.39 is 11.7 Å². The van der Waals surface area contributed by atoms with Crippen LogP contribution in [0.25, 0.3) is 0 Å². The number of aliphatic hydroxyl groups is 2. The Kier molecular flexibility index (Phi) is 7.20. The Morgan fingerprint density at radius 2 is 1.68 bits per heavy atom. The Bertz CT molecular complexity index is 745. The number of hydrogen-bond acceptors (Lipinski definition) is 3. The van der Waals surface area contributed by atoms with Crippen LogP contribution in [0, 0.1) is 51.8 Å². The van der Waals surface area contributed by atoms with Crippen molar-refractivity contribution in [1.82, 2.24) is 0 Å². The Balaban J connectivity index is 1.67. The smallest absolute Gasteiger partial charge is 0.106 e. The van der Waals surface area contributed by atoms with Crippen LogP contribution < -0.4 is 0 Å². The quantitative estimate of drug-likeness (QED) is 0.390. The molecule has 0 aromatic rings. The molecule has 3 aliphatic carbocycles. The van der Waals surface area contributed by atoms with Crippen molar-refractivity contribution in [3.8, 4) is 0 Å². The topological polar surface area (TPSA) is 49.7 Å². The van der Waals surface area contributed by atoms with Gasteiger partial charge in [-0.1, -0.05) is 73.8 Å². The lowest BCUT2D eigenvalue weighted by Crippen LogP contribution is -2.68. The van der Waals surface area contributed by atoms with Crippen LogP contribution >= 0.6 is 0 Å². The second kappa shape index (κ2) is 9.18. The third-order valence-corrected chi connectivity index (χ3v) is 12.1. The lowest BCUT2D eigenvalue weighted by atomic mass is 9.38. The van der Waals surface area contributed by atoms with Gasteiger partial charge in [-0.3, -0.25) is 0 Å². The van der Waals surface area contributed by atoms with E-state index in [-0.39, 0.29) is 22.3 Å². The average molecular weight is 475 g/mol. The van der Waals surface area contributed by atoms with Gasteiger partial charge in [-0.15, -0.1) is 6.58 Å². The summed E-state index contributed by atoms with van der Waals surface area (Å²) in [5, 5.41) is 22.5. The summed E-state index contributed by atoms with van der Waals surface area (Å²) in [5.74, 6) is 3.28. The first-order valence-electron chi connectivity index (χ1n) is 14.5. The molecule has 3 saturated carbocycles. The van der Waals surface area contributed by atoms with Crippen molar-refractivity contribution in [2.75, 3.05) is 6.61 Å². The molecule has 1 saturated heterocycles. The summed E-state index contributed by atoms with van der Waals surface area (Å²) in [6.07, 6.45) is 11.3. The van der Waals surface area contributed by atoms with Gasteiger partial charge in [0.05, 0.1) is 12.7 Å². The van der Waals surface area contributed by atoms with E-state index >= 15 is 0 Å². The standard InChI is InChI=1S/C31H54O3/c1-9-26(32)31-23-13-14-25-28(5,6)27(33)16-17-29(25,7)22(23)15-18-30(31,8)24(19-34-31)21(4)12-10-11-20(2)3/h9,20-27,32-33H,1,10-19H2,2-8H3/t21-,22+,23-,24-,25?,26?,27+,29-,30-,31-/m1/s1. The minimum absolute atomic E-state index is 0.0219. The Morgan fingerprint density at radius 1 is 0.971 bits per heavy atom. The summed E-state index contributed by atoms with van der Waals surface area (Å²) >= 11 is 0. The highest BCUT2D eigenvalue weighted by molar-refractivity contribution is 5.22. The maximum Gasteiger partial charge on any atom is 0.106 e. The molecule has 3 nitrogen and oxygen atoms in total. The van der Waals surface area contributed by atoms with Gasteiger partial charge in [-0.2, -0.15) is 0 Å². The molecular weight excluding hydrogens is 420 g/mol. The van der Waals surface area contributed by atoms with Gasteiger partial charge in [0.2, 0.25) is 0 Å². The predicted octanol–water partition coefficient (Wildman–Crippen LogP) is 7.01. The number of hydrogen-bond donors (Lipinski definition) is 2. The zero-order valence-electron chi connectivity index (χ0n) is 23.3. The molecular formula is C31H54O3. The van der Waals surface area contributed by atoms with Crippen molar-refractivity contribution in [3.63, 3.8) is 0 Å². The third-order valence-electron chi connectivity index (χ3n) is 12.1. The van der Waals surface area contributed by atoms with E-state index in [2.05, 4.69) is 55.0 Å². The summed E-state index contributed by atoms with van der Waals surface area (Å²) in [6.45, 7) is 21.5. The molecule has 0 amide bonds. The van der Waals surface area contributed by atoms with E-state index in [0.717, 1.165) is 44.6 Å². The van der Waals surface area contributed by atoms with Crippen molar-refractivity contribution >= 4 is 0 Å². The maximum atomic E-state index is 11.6. The van der Waals surface area contributed by atoms with Crippen LogP contribution in [0.1, 0.15) is 106 Å². The van der Waals surface area contributed by atoms with Gasteiger partial charge < -0.3 is 14.9 Å². The summed E-state index contributed by atoms with van der Waals surface area (Å²) in [6, 6.07) is 0. The molecule has 1 heterocycles. The monoisotopic (exact) mass is 474 g/mol. The number of rotatable bonds is 7. The predicted molar refractivity (Wildman–Crippen MR) is 140 cm³/mol. The van der Waals surface area contributed by atoms with Crippen molar-refractivity contribution < 1.29 is 14.9 Å². The first-order valence-corrected chi connectivity index (χ1v) is 14.5. The van der Waals surface area contributed by atoms with E-state index in [9.17, 15) is 10.2 Å². The van der Waals surface area contributed by atoms with Gasteiger partial charge in [-0.25, -0.2) is 0 Å². The fourth-order valence-electron chi connectivity index (χ4n) is 10.2. The number of ether oxygens (including phenoxy) is 1. The molecule has 2 N–H and O–H groups in total. The average Bonchev–Trinajstić information content (AvgIpc) is 3.10. The zero-order valence-corrected chi connectivity index (χ0v) is 23.3. The van der Waals surface area contributed by atoms with Crippen LogP contribution in [0.3, 0.4) is 0 Å². The molecule has 4 rings (SSSR count). The van der Waals surface area contributed by atoms with Crippen molar-refractivity contribution in [1.29, 1.82) is 0 Å². The zero-order chi connectivity index (χ0) is 25.1. The normalized spacial score (nSPS) is 47.4. The highest BCUT2D eigenvalue weighted by atomic mass is 16.5. The summed E-state index contributed by atoms with van der Waals surface area (Å²) < 4.78 is 6.96. The fourth-order valence-corrected chi connectivity index (χ4v) is 10.2. The molecule has 34 heavy (non-hydrogen) atoms. The minimum atomic E-state index is -0.625. The molecule has 0 spiro atoms. The molecule has 4 fully saturated rings. The Hall–Kier alpha value is -0.380. The molecule has 4 aliphatic rings. The van der Waals surface area contributed by atoms with Crippen LogP contribution in [0.5, 0.6) is 0 Å². The second-order valence-corrected chi connectivity index (χ2v) is 14.4. The van der Waals surface area contributed by atoms with E-state index in [1.165, 1.54) is 25.7 Å². The summed E-state index contributed by atoms with van der Waals surface area (Å²) in [7, 11) is 0. The highest BCUT2D eigenvalue weighted by Gasteiger charge is 2.72. The Labute approximate surface area is 210 Å². The maximum absolute atomic E-state index is 11.6. The van der Waals surface area contributed by atoms with Gasteiger partial charge in [0.15, 0.2) is 0 Å². The van der Waals surface area contributed by atoms with Crippen molar-refractivity contribution in [2.24, 2.45) is 51.8 Å². The molecule has 3 heteroatoms. The SMILES string of the molecule is C=CC(O)[C@@]12OC[C@H]([C@H](C)CCCC(C)C)[C@@]1(C)CC[C@H]1[C@H]2CCC2C(C)(C)[C@@H](O)CC[C@@]21C. The second-order valence-electron chi connectivity index (χ2n) is 14.4. The molecule has 0 aromatic heterocycles. The van der Waals surface area contributed by atoms with Gasteiger partial charge in [0, 0.05) is 5.41 Å². The lowest BCUT2D eigenvalue weighted by molar-refractivity contribution is -0.248. The number of fused-ring (bicyclic) bond motifs is 5. The first-order chi connectivity index (χ1) is 15.9. The van der Waals surface area contributed by atoms with E-state index in [0.29, 0.717) is 29.6 Å². The molecule has 0 radical (unpaired) electrons. The van der Waals surface area contributed by atoms with Gasteiger partial charge in [-0.05, 0) is 84.9 Å². The van der Waals surface area contributed by atoms with E-state index in [1.54, 1.807) is 6.08 Å². The molecule has 196 valence electrons. The summed E-state index contributed by atoms with van der Waals surface area (Å²) in [4.78, 5) is 0. The van der Waals surface area contributed by atoms with Gasteiger partial charge in [0.1, 0.15) is 11.7 Å². The first kappa shape index (κ1) is 26.7. The van der Waals surface area contributed by atoms with Crippen LogP contribution in [0.2, 0.25) is 0 Å². The number of aliphatic hydroxyl groups excluding tert-OH is 2. The highest BCUT2D eigenvalue weighted by Crippen LogP contribution is 2.71. The summed E-state index contributed by atoms with van der Waals surface area (Å²) in [5.41, 5.74) is -0.396. The Morgan fingerprint density at radius 3 is 2.32 bits per heavy atom. The third kappa shape index (κ3) is 3.69. The van der Waals surface area contributed by atoms with Crippen LogP contribution in [0.15, 0.2) is 12.7 Å². The molecule has 2 unspecified atom stereocenters. The molecule has 10 atom stereocenters. The molecule has 1 aliphatic heterocycles. The van der Waals surface area contributed by atoms with Crippen LogP contribution in [-0.4, -0.2) is 34.6 Å². The van der Waals surface area contributed by atoms with Crippen molar-refractivity contribution in [3.05, 3.63) is 12.7 Å². The lowest BCUT2D eigenvalue weighted by Gasteiger charge is -2.67.